The minimum atomic E-state index is -0.685. The molecule has 1 fully saturated rings. The van der Waals surface area contributed by atoms with Gasteiger partial charge in [-0.2, -0.15) is 0 Å². The van der Waals surface area contributed by atoms with E-state index in [-0.39, 0.29) is 6.04 Å². The Kier molecular flexibility index (Phi) is 2.70. The van der Waals surface area contributed by atoms with Crippen molar-refractivity contribution in [2.45, 2.75) is 18.9 Å². The van der Waals surface area contributed by atoms with Crippen molar-refractivity contribution in [3.63, 3.8) is 0 Å². The van der Waals surface area contributed by atoms with E-state index in [2.05, 4.69) is 5.32 Å². The summed E-state index contributed by atoms with van der Waals surface area (Å²) >= 11 is 5.39. The first kappa shape index (κ1) is 9.87. The molecule has 4 heteroatoms. The van der Waals surface area contributed by atoms with Gasteiger partial charge in [-0.05, 0) is 37.1 Å². The molecule has 1 aliphatic heterocycles. The van der Waals surface area contributed by atoms with Crippen LogP contribution < -0.4 is 5.32 Å². The van der Waals surface area contributed by atoms with Crippen molar-refractivity contribution in [1.82, 2.24) is 5.32 Å². The van der Waals surface area contributed by atoms with Crippen LogP contribution in [0.5, 0.6) is 0 Å². The van der Waals surface area contributed by atoms with E-state index in [1.54, 1.807) is 0 Å². The van der Waals surface area contributed by atoms with Crippen molar-refractivity contribution in [3.05, 3.63) is 34.4 Å². The molecule has 1 atom stereocenters. The highest BCUT2D eigenvalue weighted by Crippen LogP contribution is 2.28. The van der Waals surface area contributed by atoms with E-state index in [0.29, 0.717) is 5.56 Å². The Balaban J connectivity index is 2.34. The van der Waals surface area contributed by atoms with Gasteiger partial charge in [0, 0.05) is 6.04 Å². The maximum atomic E-state index is 13.1. The van der Waals surface area contributed by atoms with Crippen LogP contribution in [0.3, 0.4) is 0 Å². The van der Waals surface area contributed by atoms with Crippen LogP contribution in [0, 0.1) is 11.6 Å². The molecule has 14 heavy (non-hydrogen) atoms. The maximum Gasteiger partial charge on any atom is 0.145 e. The zero-order chi connectivity index (χ0) is 10.1. The Morgan fingerprint density at radius 1 is 1.29 bits per heavy atom. The van der Waals surface area contributed by atoms with E-state index in [1.807, 2.05) is 0 Å². The van der Waals surface area contributed by atoms with Gasteiger partial charge < -0.3 is 5.32 Å². The molecule has 1 N–H and O–H groups in total. The molecule has 1 saturated heterocycles. The summed E-state index contributed by atoms with van der Waals surface area (Å²) in [7, 11) is 0. The number of nitrogens with one attached hydrogen (secondary N) is 1. The van der Waals surface area contributed by atoms with Crippen LogP contribution in [0.4, 0.5) is 8.78 Å². The smallest absolute Gasteiger partial charge is 0.145 e. The molecular weight excluding hydrogens is 208 g/mol. The quantitative estimate of drug-likeness (QED) is 0.713. The van der Waals surface area contributed by atoms with Crippen molar-refractivity contribution >= 4 is 11.6 Å². The van der Waals surface area contributed by atoms with E-state index < -0.39 is 16.7 Å². The molecule has 0 radical (unpaired) electrons. The fourth-order valence-corrected chi connectivity index (χ4v) is 1.85. The second-order valence-electron chi connectivity index (χ2n) is 3.45. The fraction of sp³-hybridized carbons (Fsp3) is 0.400. The summed E-state index contributed by atoms with van der Waals surface area (Å²) in [5, 5.41) is 2.75. The number of hydrogen-bond acceptors (Lipinski definition) is 1. The normalized spacial score (nSPS) is 21.5. The molecule has 0 aliphatic carbocycles. The highest BCUT2D eigenvalue weighted by Gasteiger charge is 2.19. The molecule has 0 spiro atoms. The maximum absolute atomic E-state index is 13.1. The van der Waals surface area contributed by atoms with E-state index in [1.165, 1.54) is 12.1 Å². The summed E-state index contributed by atoms with van der Waals surface area (Å²) in [4.78, 5) is 0. The molecule has 76 valence electrons. The Morgan fingerprint density at radius 2 is 1.93 bits per heavy atom. The molecule has 2 rings (SSSR count). The lowest BCUT2D eigenvalue weighted by Crippen LogP contribution is -2.13. The lowest BCUT2D eigenvalue weighted by Gasteiger charge is -2.11. The molecule has 0 aromatic heterocycles. The molecular formula is C10H10ClF2N. The van der Waals surface area contributed by atoms with Gasteiger partial charge in [-0.25, -0.2) is 8.78 Å². The van der Waals surface area contributed by atoms with Crippen LogP contribution in [0.15, 0.2) is 12.1 Å². The van der Waals surface area contributed by atoms with Crippen molar-refractivity contribution in [3.8, 4) is 0 Å². The molecule has 0 amide bonds. The van der Waals surface area contributed by atoms with Crippen LogP contribution in [0.1, 0.15) is 24.4 Å². The minimum Gasteiger partial charge on any atom is -0.310 e. The first-order chi connectivity index (χ1) is 6.68. The van der Waals surface area contributed by atoms with Gasteiger partial charge in [0.25, 0.3) is 0 Å². The molecule has 0 unspecified atom stereocenters. The molecule has 0 bridgehead atoms. The number of halogens is 3. The third kappa shape index (κ3) is 1.74. The molecule has 1 heterocycles. The standard InChI is InChI=1S/C10H10ClF2N/c11-10-7(12)4-6(5-8(10)13)9-2-1-3-14-9/h4-5,9,14H,1-3H2/t9-/m1/s1. The summed E-state index contributed by atoms with van der Waals surface area (Å²) in [5.41, 5.74) is 0.641. The first-order valence-electron chi connectivity index (χ1n) is 4.56. The van der Waals surface area contributed by atoms with Gasteiger partial charge in [-0.1, -0.05) is 11.6 Å². The lowest BCUT2D eigenvalue weighted by atomic mass is 10.1. The second-order valence-corrected chi connectivity index (χ2v) is 3.83. The van der Waals surface area contributed by atoms with Gasteiger partial charge >= 0.3 is 0 Å². The topological polar surface area (TPSA) is 12.0 Å². The molecule has 1 aromatic carbocycles. The van der Waals surface area contributed by atoms with Crippen molar-refractivity contribution in [2.75, 3.05) is 6.54 Å². The first-order valence-corrected chi connectivity index (χ1v) is 4.94. The zero-order valence-electron chi connectivity index (χ0n) is 7.49. The summed E-state index contributed by atoms with van der Waals surface area (Å²) in [5.74, 6) is -1.37. The minimum absolute atomic E-state index is 0.0660. The Morgan fingerprint density at radius 3 is 2.43 bits per heavy atom. The van der Waals surface area contributed by atoms with Crippen LogP contribution >= 0.6 is 11.6 Å². The van der Waals surface area contributed by atoms with E-state index in [4.69, 9.17) is 11.6 Å². The number of rotatable bonds is 1. The summed E-state index contributed by atoms with van der Waals surface area (Å²) in [6.07, 6.45) is 1.96. The van der Waals surface area contributed by atoms with Gasteiger partial charge in [-0.15, -0.1) is 0 Å². The Labute approximate surface area is 86.1 Å². The number of hydrogen-bond donors (Lipinski definition) is 1. The Hall–Kier alpha value is -0.670. The average Bonchev–Trinajstić information content (AvgIpc) is 2.66. The van der Waals surface area contributed by atoms with E-state index >= 15 is 0 Å². The van der Waals surface area contributed by atoms with Gasteiger partial charge in [0.05, 0.1) is 0 Å². The summed E-state index contributed by atoms with van der Waals surface area (Å²) in [6, 6.07) is 2.67. The van der Waals surface area contributed by atoms with Crippen LogP contribution in [-0.2, 0) is 0 Å². The summed E-state index contributed by atoms with van der Waals surface area (Å²) in [6.45, 7) is 0.899. The monoisotopic (exact) mass is 217 g/mol. The molecule has 1 nitrogen and oxygen atoms in total. The predicted octanol–water partition coefficient (Wildman–Crippen LogP) is 3.04. The fourth-order valence-electron chi connectivity index (χ4n) is 1.75. The van der Waals surface area contributed by atoms with Crippen molar-refractivity contribution in [1.29, 1.82) is 0 Å². The van der Waals surface area contributed by atoms with Crippen molar-refractivity contribution < 1.29 is 8.78 Å². The van der Waals surface area contributed by atoms with E-state index in [0.717, 1.165) is 19.4 Å². The van der Waals surface area contributed by atoms with Gasteiger partial charge in [0.2, 0.25) is 0 Å². The van der Waals surface area contributed by atoms with Gasteiger partial charge in [-0.3, -0.25) is 0 Å². The second kappa shape index (κ2) is 3.83. The van der Waals surface area contributed by atoms with Crippen LogP contribution in [0.25, 0.3) is 0 Å². The molecule has 1 aromatic rings. The van der Waals surface area contributed by atoms with Crippen LogP contribution in [-0.4, -0.2) is 6.54 Å². The Bertz CT molecular complexity index is 325. The summed E-state index contributed by atoms with van der Waals surface area (Å²) < 4.78 is 26.2. The van der Waals surface area contributed by atoms with Gasteiger partial charge in [0.15, 0.2) is 0 Å². The highest BCUT2D eigenvalue weighted by molar-refractivity contribution is 6.30. The average molecular weight is 218 g/mol. The third-order valence-electron chi connectivity index (χ3n) is 2.47. The molecule has 0 saturated carbocycles. The third-order valence-corrected chi connectivity index (χ3v) is 2.83. The van der Waals surface area contributed by atoms with Crippen molar-refractivity contribution in [2.24, 2.45) is 0 Å². The zero-order valence-corrected chi connectivity index (χ0v) is 8.24. The molecule has 1 aliphatic rings. The van der Waals surface area contributed by atoms with Crippen LogP contribution in [0.2, 0.25) is 5.02 Å². The van der Waals surface area contributed by atoms with Gasteiger partial charge in [0.1, 0.15) is 16.7 Å². The SMILES string of the molecule is Fc1cc([C@H]2CCCN2)cc(F)c1Cl. The number of benzene rings is 1. The highest BCUT2D eigenvalue weighted by atomic mass is 35.5. The largest absolute Gasteiger partial charge is 0.310 e. The lowest BCUT2D eigenvalue weighted by molar-refractivity contribution is 0.566. The van der Waals surface area contributed by atoms with E-state index in [9.17, 15) is 8.78 Å². The predicted molar refractivity (Wildman–Crippen MR) is 51.3 cm³/mol.